The Bertz CT molecular complexity index is 1120. The first-order chi connectivity index (χ1) is 13.7. The van der Waals surface area contributed by atoms with Gasteiger partial charge in [0, 0.05) is 24.8 Å². The number of anilines is 1. The zero-order valence-corrected chi connectivity index (χ0v) is 15.5. The van der Waals surface area contributed by atoms with Crippen molar-refractivity contribution in [1.29, 1.82) is 0 Å². The number of aromatic nitrogens is 4. The quantitative estimate of drug-likeness (QED) is 0.560. The van der Waals surface area contributed by atoms with Crippen LogP contribution in [0.4, 0.5) is 10.2 Å². The highest BCUT2D eigenvalue weighted by molar-refractivity contribution is 5.97. The highest BCUT2D eigenvalue weighted by Crippen LogP contribution is 2.35. The van der Waals surface area contributed by atoms with Gasteiger partial charge in [-0.2, -0.15) is 0 Å². The highest BCUT2D eigenvalue weighted by Gasteiger charge is 2.15. The second kappa shape index (κ2) is 7.56. The molecule has 28 heavy (non-hydrogen) atoms. The van der Waals surface area contributed by atoms with Crippen LogP contribution >= 0.6 is 0 Å². The van der Waals surface area contributed by atoms with Crippen LogP contribution in [0.3, 0.4) is 0 Å². The predicted octanol–water partition coefficient (Wildman–Crippen LogP) is 4.33. The molecule has 1 N–H and O–H groups in total. The van der Waals surface area contributed by atoms with Crippen molar-refractivity contribution in [3.8, 4) is 28.3 Å². The molecule has 0 aliphatic heterocycles. The van der Waals surface area contributed by atoms with E-state index in [0.29, 0.717) is 35.1 Å². The molecule has 0 bridgehead atoms. The maximum atomic E-state index is 13.3. The Labute approximate surface area is 161 Å². The van der Waals surface area contributed by atoms with Crippen LogP contribution in [-0.4, -0.2) is 33.6 Å². The fraction of sp³-hybridized carbons (Fsp3) is 0.143. The molecule has 2 aromatic carbocycles. The van der Waals surface area contributed by atoms with Crippen molar-refractivity contribution >= 4 is 16.7 Å². The van der Waals surface area contributed by atoms with Crippen LogP contribution in [0.1, 0.15) is 6.92 Å². The first kappa shape index (κ1) is 17.8. The van der Waals surface area contributed by atoms with E-state index >= 15 is 0 Å². The Morgan fingerprint density at radius 2 is 1.71 bits per heavy atom. The van der Waals surface area contributed by atoms with Gasteiger partial charge in [0.25, 0.3) is 0 Å². The molecular weight excluding hydrogens is 357 g/mol. The SMILES string of the molecule is CCOc1cc(-c2ccc(F)cc2)cc2c(NC)nc(-c3cncnc3)nc12. The van der Waals surface area contributed by atoms with Crippen LogP contribution in [0.5, 0.6) is 5.75 Å². The predicted molar refractivity (Wildman–Crippen MR) is 107 cm³/mol. The number of fused-ring (bicyclic) bond motifs is 1. The summed E-state index contributed by atoms with van der Waals surface area (Å²) in [5, 5.41) is 3.94. The molecule has 0 saturated heterocycles. The van der Waals surface area contributed by atoms with Gasteiger partial charge in [-0.15, -0.1) is 0 Å². The van der Waals surface area contributed by atoms with Gasteiger partial charge in [-0.1, -0.05) is 12.1 Å². The van der Waals surface area contributed by atoms with E-state index in [-0.39, 0.29) is 5.82 Å². The van der Waals surface area contributed by atoms with Gasteiger partial charge in [0.2, 0.25) is 0 Å². The van der Waals surface area contributed by atoms with Gasteiger partial charge in [0.15, 0.2) is 5.82 Å². The van der Waals surface area contributed by atoms with E-state index in [0.717, 1.165) is 16.5 Å². The number of hydrogen-bond acceptors (Lipinski definition) is 6. The lowest BCUT2D eigenvalue weighted by Crippen LogP contribution is -2.02. The molecule has 0 radical (unpaired) electrons. The van der Waals surface area contributed by atoms with Crippen molar-refractivity contribution in [2.45, 2.75) is 6.92 Å². The number of ether oxygens (including phenoxy) is 1. The number of halogens is 1. The lowest BCUT2D eigenvalue weighted by Gasteiger charge is -2.14. The summed E-state index contributed by atoms with van der Waals surface area (Å²) in [6.07, 6.45) is 4.80. The summed E-state index contributed by atoms with van der Waals surface area (Å²) < 4.78 is 19.2. The number of nitrogens with zero attached hydrogens (tertiary/aromatic N) is 4. The van der Waals surface area contributed by atoms with Crippen molar-refractivity contribution in [3.63, 3.8) is 0 Å². The Balaban J connectivity index is 1.96. The minimum atomic E-state index is -0.275. The van der Waals surface area contributed by atoms with Crippen molar-refractivity contribution in [3.05, 3.63) is 60.9 Å². The average Bonchev–Trinajstić information content (AvgIpc) is 2.74. The third-order valence-electron chi connectivity index (χ3n) is 4.30. The van der Waals surface area contributed by atoms with Crippen LogP contribution < -0.4 is 10.1 Å². The standard InChI is InChI=1S/C21H18FN5O/c1-3-28-18-9-14(13-4-6-16(22)7-5-13)8-17-19(18)26-20(27-21(17)23-2)15-10-24-12-25-11-15/h4-12H,3H2,1-2H3,(H,23,26,27). The van der Waals surface area contributed by atoms with E-state index in [4.69, 9.17) is 9.72 Å². The Hall–Kier alpha value is -3.61. The van der Waals surface area contributed by atoms with Gasteiger partial charge in [-0.25, -0.2) is 24.3 Å². The van der Waals surface area contributed by atoms with Crippen molar-refractivity contribution in [2.24, 2.45) is 0 Å². The summed E-state index contributed by atoms with van der Waals surface area (Å²) in [6, 6.07) is 10.2. The topological polar surface area (TPSA) is 72.8 Å². The Kier molecular flexibility index (Phi) is 4.80. The van der Waals surface area contributed by atoms with Crippen LogP contribution in [0, 0.1) is 5.82 Å². The first-order valence-corrected chi connectivity index (χ1v) is 8.87. The molecule has 0 aliphatic rings. The molecule has 140 valence electrons. The molecule has 2 aromatic heterocycles. The van der Waals surface area contributed by atoms with Gasteiger partial charge >= 0.3 is 0 Å². The highest BCUT2D eigenvalue weighted by atomic mass is 19.1. The zero-order chi connectivity index (χ0) is 19.5. The van der Waals surface area contributed by atoms with Crippen LogP contribution in [-0.2, 0) is 0 Å². The lowest BCUT2D eigenvalue weighted by molar-refractivity contribution is 0.344. The molecule has 0 aliphatic carbocycles. The maximum Gasteiger partial charge on any atom is 0.165 e. The summed E-state index contributed by atoms with van der Waals surface area (Å²) in [5.41, 5.74) is 3.18. The van der Waals surface area contributed by atoms with Crippen molar-refractivity contribution < 1.29 is 9.13 Å². The van der Waals surface area contributed by atoms with Crippen molar-refractivity contribution in [2.75, 3.05) is 19.0 Å². The fourth-order valence-corrected chi connectivity index (χ4v) is 3.01. The normalized spacial score (nSPS) is 10.8. The third kappa shape index (κ3) is 3.34. The van der Waals surface area contributed by atoms with Gasteiger partial charge in [0.1, 0.15) is 29.2 Å². The molecule has 0 saturated carbocycles. The second-order valence-electron chi connectivity index (χ2n) is 6.08. The fourth-order valence-electron chi connectivity index (χ4n) is 3.01. The third-order valence-corrected chi connectivity index (χ3v) is 4.30. The van der Waals surface area contributed by atoms with Gasteiger partial charge in [-0.3, -0.25) is 0 Å². The zero-order valence-electron chi connectivity index (χ0n) is 15.5. The summed E-state index contributed by atoms with van der Waals surface area (Å²) in [7, 11) is 1.80. The van der Waals surface area contributed by atoms with Gasteiger partial charge in [-0.05, 0) is 42.3 Å². The molecular formula is C21H18FN5O. The van der Waals surface area contributed by atoms with E-state index in [9.17, 15) is 4.39 Å². The summed E-state index contributed by atoms with van der Waals surface area (Å²) in [5.74, 6) is 1.53. The van der Waals surface area contributed by atoms with Crippen LogP contribution in [0.2, 0.25) is 0 Å². The van der Waals surface area contributed by atoms with Crippen LogP contribution in [0.15, 0.2) is 55.1 Å². The molecule has 4 rings (SSSR count). The monoisotopic (exact) mass is 375 g/mol. The lowest BCUT2D eigenvalue weighted by atomic mass is 10.0. The van der Waals surface area contributed by atoms with Gasteiger partial charge < -0.3 is 10.1 Å². The largest absolute Gasteiger partial charge is 0.492 e. The molecule has 0 amide bonds. The van der Waals surface area contributed by atoms with E-state index in [1.807, 2.05) is 19.1 Å². The molecule has 6 nitrogen and oxygen atoms in total. The summed E-state index contributed by atoms with van der Waals surface area (Å²) >= 11 is 0. The van der Waals surface area contributed by atoms with E-state index in [1.54, 1.807) is 31.6 Å². The smallest absolute Gasteiger partial charge is 0.165 e. The molecule has 4 aromatic rings. The molecule has 0 unspecified atom stereocenters. The van der Waals surface area contributed by atoms with Crippen LogP contribution in [0.25, 0.3) is 33.4 Å². The number of benzene rings is 2. The first-order valence-electron chi connectivity index (χ1n) is 8.87. The number of rotatable bonds is 5. The number of nitrogens with one attached hydrogen (secondary N) is 1. The van der Waals surface area contributed by atoms with E-state index < -0.39 is 0 Å². The Morgan fingerprint density at radius 3 is 2.39 bits per heavy atom. The summed E-state index contributed by atoms with van der Waals surface area (Å²) in [4.78, 5) is 17.4. The molecule has 7 heteroatoms. The molecule has 0 spiro atoms. The van der Waals surface area contributed by atoms with E-state index in [1.165, 1.54) is 18.5 Å². The molecule has 0 atom stereocenters. The minimum absolute atomic E-state index is 0.275. The number of hydrogen-bond donors (Lipinski definition) is 1. The second-order valence-corrected chi connectivity index (χ2v) is 6.08. The minimum Gasteiger partial charge on any atom is -0.492 e. The Morgan fingerprint density at radius 1 is 0.964 bits per heavy atom. The summed E-state index contributed by atoms with van der Waals surface area (Å²) in [6.45, 7) is 2.41. The molecule has 2 heterocycles. The van der Waals surface area contributed by atoms with Crippen molar-refractivity contribution in [1.82, 2.24) is 19.9 Å². The molecule has 0 fully saturated rings. The van der Waals surface area contributed by atoms with E-state index in [2.05, 4.69) is 20.3 Å². The van der Waals surface area contributed by atoms with Gasteiger partial charge in [0.05, 0.1) is 12.2 Å². The maximum absolute atomic E-state index is 13.3. The average molecular weight is 375 g/mol.